The van der Waals surface area contributed by atoms with Crippen molar-refractivity contribution in [3.63, 3.8) is 0 Å². The Morgan fingerprint density at radius 1 is 0.947 bits per heavy atom. The number of aryl methyl sites for hydroxylation is 1. The Kier molecular flexibility index (Phi) is 4.75. The molecule has 0 saturated heterocycles. The molecule has 1 heteroatoms. The van der Waals surface area contributed by atoms with Gasteiger partial charge in [0.05, 0.1) is 11.6 Å². The minimum Gasteiger partial charge on any atom is -0.192 e. The molecule has 2 rings (SSSR count). The van der Waals surface area contributed by atoms with Crippen molar-refractivity contribution in [1.82, 2.24) is 0 Å². The topological polar surface area (TPSA) is 23.8 Å². The van der Waals surface area contributed by atoms with Gasteiger partial charge >= 0.3 is 0 Å². The molecule has 0 radical (unpaired) electrons. The maximum Gasteiger partial charge on any atom is 0.0991 e. The zero-order valence-electron chi connectivity index (χ0n) is 11.4. The van der Waals surface area contributed by atoms with Crippen LogP contribution in [0, 0.1) is 11.3 Å². The average molecular weight is 249 g/mol. The highest BCUT2D eigenvalue weighted by atomic mass is 14.2. The number of hydrogen-bond acceptors (Lipinski definition) is 1. The molecule has 0 aliphatic heterocycles. The summed E-state index contributed by atoms with van der Waals surface area (Å²) in [7, 11) is 0. The summed E-state index contributed by atoms with van der Waals surface area (Å²) >= 11 is 0. The van der Waals surface area contributed by atoms with Crippen LogP contribution in [-0.2, 0) is 6.42 Å². The fourth-order valence-electron chi connectivity index (χ4n) is 2.21. The number of rotatable bonds is 5. The van der Waals surface area contributed by atoms with Crippen molar-refractivity contribution in [3.05, 3.63) is 59.7 Å². The second-order valence-electron chi connectivity index (χ2n) is 4.85. The summed E-state index contributed by atoms with van der Waals surface area (Å²) in [6.07, 6.45) is 4.98. The first-order chi connectivity index (χ1) is 9.33. The van der Waals surface area contributed by atoms with E-state index in [2.05, 4.69) is 37.3 Å². The first kappa shape index (κ1) is 13.4. The number of benzene rings is 2. The van der Waals surface area contributed by atoms with E-state index in [1.165, 1.54) is 30.4 Å². The van der Waals surface area contributed by atoms with E-state index in [1.54, 1.807) is 0 Å². The van der Waals surface area contributed by atoms with Crippen molar-refractivity contribution in [2.75, 3.05) is 0 Å². The first-order valence-corrected chi connectivity index (χ1v) is 6.93. The Bertz CT molecular complexity index is 561. The van der Waals surface area contributed by atoms with Crippen LogP contribution in [0.3, 0.4) is 0 Å². The quantitative estimate of drug-likeness (QED) is 0.687. The molecule has 0 aromatic heterocycles. The lowest BCUT2D eigenvalue weighted by atomic mass is 10.0. The predicted molar refractivity (Wildman–Crippen MR) is 79.8 cm³/mol. The smallest absolute Gasteiger partial charge is 0.0991 e. The zero-order valence-corrected chi connectivity index (χ0v) is 11.4. The van der Waals surface area contributed by atoms with Gasteiger partial charge < -0.3 is 0 Å². The standard InChI is InChI=1S/C18H19N/c1-2-3-4-6-15-9-11-17(12-10-15)18-8-5-7-16(13-18)14-19/h5,7-13H,2-4,6H2,1H3. The van der Waals surface area contributed by atoms with Crippen LogP contribution in [0.1, 0.15) is 37.3 Å². The Balaban J connectivity index is 2.11. The third kappa shape index (κ3) is 3.69. The van der Waals surface area contributed by atoms with E-state index in [1.807, 2.05) is 24.3 Å². The summed E-state index contributed by atoms with van der Waals surface area (Å²) in [5, 5.41) is 8.92. The summed E-state index contributed by atoms with van der Waals surface area (Å²) in [5.41, 5.74) is 4.40. The molecule has 0 fully saturated rings. The second-order valence-corrected chi connectivity index (χ2v) is 4.85. The molecular formula is C18H19N. The summed E-state index contributed by atoms with van der Waals surface area (Å²) in [6, 6.07) is 18.6. The van der Waals surface area contributed by atoms with E-state index in [9.17, 15) is 0 Å². The predicted octanol–water partition coefficient (Wildman–Crippen LogP) is 4.96. The zero-order chi connectivity index (χ0) is 13.5. The van der Waals surface area contributed by atoms with Gasteiger partial charge in [0.15, 0.2) is 0 Å². The molecule has 0 aliphatic rings. The fraction of sp³-hybridized carbons (Fsp3) is 0.278. The molecule has 0 aliphatic carbocycles. The van der Waals surface area contributed by atoms with Crippen LogP contribution in [0.15, 0.2) is 48.5 Å². The van der Waals surface area contributed by atoms with Gasteiger partial charge in [0, 0.05) is 0 Å². The molecule has 0 atom stereocenters. The van der Waals surface area contributed by atoms with E-state index in [0.29, 0.717) is 5.56 Å². The molecule has 1 nitrogen and oxygen atoms in total. The van der Waals surface area contributed by atoms with Gasteiger partial charge in [-0.15, -0.1) is 0 Å². The Morgan fingerprint density at radius 2 is 1.74 bits per heavy atom. The van der Waals surface area contributed by atoms with Crippen molar-refractivity contribution in [3.8, 4) is 17.2 Å². The molecule has 2 aromatic carbocycles. The molecule has 0 unspecified atom stereocenters. The average Bonchev–Trinajstić information content (AvgIpc) is 2.48. The van der Waals surface area contributed by atoms with Gasteiger partial charge in [-0.2, -0.15) is 5.26 Å². The number of nitrogens with zero attached hydrogens (tertiary/aromatic N) is 1. The number of unbranched alkanes of at least 4 members (excludes halogenated alkanes) is 2. The van der Waals surface area contributed by atoms with Crippen LogP contribution in [-0.4, -0.2) is 0 Å². The van der Waals surface area contributed by atoms with E-state index in [-0.39, 0.29) is 0 Å². The molecule has 2 aromatic rings. The van der Waals surface area contributed by atoms with Gasteiger partial charge in [-0.05, 0) is 41.7 Å². The van der Waals surface area contributed by atoms with Crippen molar-refractivity contribution in [2.24, 2.45) is 0 Å². The minimum atomic E-state index is 0.713. The Labute approximate surface area is 115 Å². The minimum absolute atomic E-state index is 0.713. The van der Waals surface area contributed by atoms with E-state index in [0.717, 1.165) is 12.0 Å². The van der Waals surface area contributed by atoms with Crippen LogP contribution < -0.4 is 0 Å². The van der Waals surface area contributed by atoms with Crippen molar-refractivity contribution in [1.29, 1.82) is 5.26 Å². The van der Waals surface area contributed by atoms with Gasteiger partial charge in [0.1, 0.15) is 0 Å². The van der Waals surface area contributed by atoms with E-state index in [4.69, 9.17) is 5.26 Å². The molecule has 0 saturated carbocycles. The van der Waals surface area contributed by atoms with Gasteiger partial charge in [0.2, 0.25) is 0 Å². The van der Waals surface area contributed by atoms with E-state index < -0.39 is 0 Å². The lowest BCUT2D eigenvalue weighted by Gasteiger charge is -2.05. The van der Waals surface area contributed by atoms with Crippen LogP contribution in [0.4, 0.5) is 0 Å². The fourth-order valence-corrected chi connectivity index (χ4v) is 2.21. The molecule has 96 valence electrons. The highest BCUT2D eigenvalue weighted by Crippen LogP contribution is 2.21. The van der Waals surface area contributed by atoms with Gasteiger partial charge in [0.25, 0.3) is 0 Å². The third-order valence-electron chi connectivity index (χ3n) is 3.35. The van der Waals surface area contributed by atoms with Gasteiger partial charge in [-0.3, -0.25) is 0 Å². The van der Waals surface area contributed by atoms with Gasteiger partial charge in [-0.1, -0.05) is 56.2 Å². The van der Waals surface area contributed by atoms with Crippen LogP contribution >= 0.6 is 0 Å². The Morgan fingerprint density at radius 3 is 2.42 bits per heavy atom. The normalized spacial score (nSPS) is 10.1. The summed E-state index contributed by atoms with van der Waals surface area (Å²) in [5.74, 6) is 0. The van der Waals surface area contributed by atoms with Gasteiger partial charge in [-0.25, -0.2) is 0 Å². The lowest BCUT2D eigenvalue weighted by molar-refractivity contribution is 0.717. The van der Waals surface area contributed by atoms with Crippen molar-refractivity contribution >= 4 is 0 Å². The maximum atomic E-state index is 8.92. The van der Waals surface area contributed by atoms with Crippen LogP contribution in [0.25, 0.3) is 11.1 Å². The third-order valence-corrected chi connectivity index (χ3v) is 3.35. The molecular weight excluding hydrogens is 230 g/mol. The first-order valence-electron chi connectivity index (χ1n) is 6.93. The second kappa shape index (κ2) is 6.75. The largest absolute Gasteiger partial charge is 0.192 e. The maximum absolute atomic E-state index is 8.92. The molecule has 0 heterocycles. The SMILES string of the molecule is CCCCCc1ccc(-c2cccc(C#N)c2)cc1. The number of nitriles is 1. The van der Waals surface area contributed by atoms with Crippen LogP contribution in [0.5, 0.6) is 0 Å². The monoisotopic (exact) mass is 249 g/mol. The molecule has 0 spiro atoms. The summed E-state index contributed by atoms with van der Waals surface area (Å²) < 4.78 is 0. The van der Waals surface area contributed by atoms with Crippen molar-refractivity contribution in [2.45, 2.75) is 32.6 Å². The lowest BCUT2D eigenvalue weighted by Crippen LogP contribution is -1.86. The molecule has 0 N–H and O–H groups in total. The van der Waals surface area contributed by atoms with Crippen LogP contribution in [0.2, 0.25) is 0 Å². The number of hydrogen-bond donors (Lipinski definition) is 0. The molecule has 0 bridgehead atoms. The summed E-state index contributed by atoms with van der Waals surface area (Å²) in [4.78, 5) is 0. The molecule has 19 heavy (non-hydrogen) atoms. The van der Waals surface area contributed by atoms with Crippen molar-refractivity contribution < 1.29 is 0 Å². The highest BCUT2D eigenvalue weighted by molar-refractivity contribution is 5.65. The van der Waals surface area contributed by atoms with E-state index >= 15 is 0 Å². The summed E-state index contributed by atoms with van der Waals surface area (Å²) in [6.45, 7) is 2.23. The Hall–Kier alpha value is -2.07. The molecule has 0 amide bonds. The highest BCUT2D eigenvalue weighted by Gasteiger charge is 1.99.